The zero-order valence-electron chi connectivity index (χ0n) is 26.7. The van der Waals surface area contributed by atoms with Crippen LogP contribution in [0.2, 0.25) is 10.0 Å². The van der Waals surface area contributed by atoms with Crippen molar-refractivity contribution >= 4 is 52.6 Å². The number of fused-ring (bicyclic) bond motifs is 1. The van der Waals surface area contributed by atoms with Crippen molar-refractivity contribution in [1.29, 1.82) is 0 Å². The van der Waals surface area contributed by atoms with Gasteiger partial charge < -0.3 is 19.9 Å². The van der Waals surface area contributed by atoms with E-state index in [2.05, 4.69) is 10.3 Å². The molecule has 0 fully saturated rings. The molecule has 1 aliphatic rings. The van der Waals surface area contributed by atoms with E-state index in [-0.39, 0.29) is 41.8 Å². The number of nitrogens with zero attached hydrogens (tertiary/aromatic N) is 3. The Kier molecular flexibility index (Phi) is 10.2. The molecule has 0 saturated carbocycles. The number of amides is 3. The molecule has 3 aromatic carbocycles. The van der Waals surface area contributed by atoms with Crippen LogP contribution in [0.1, 0.15) is 57.4 Å². The second-order valence-corrected chi connectivity index (χ2v) is 13.2. The highest BCUT2D eigenvalue weighted by Crippen LogP contribution is 2.33. The number of carbonyl (C=O) groups excluding carboxylic acids is 4. The predicted molar refractivity (Wildman–Crippen MR) is 182 cm³/mol. The summed E-state index contributed by atoms with van der Waals surface area (Å²) in [6.45, 7) is 5.18. The smallest absolute Gasteiger partial charge is 0.338 e. The predicted octanol–water partition coefficient (Wildman–Crippen LogP) is 6.81. The average molecular weight is 692 g/mol. The van der Waals surface area contributed by atoms with Crippen LogP contribution in [0.4, 0.5) is 10.1 Å². The summed E-state index contributed by atoms with van der Waals surface area (Å²) in [5.41, 5.74) is 2.41. The fourth-order valence-corrected chi connectivity index (χ4v) is 5.59. The number of ether oxygens (including phenoxy) is 1. The number of anilines is 1. The molecule has 0 unspecified atom stereocenters. The summed E-state index contributed by atoms with van der Waals surface area (Å²) in [7, 11) is 1.62. The largest absolute Gasteiger partial charge is 0.461 e. The van der Waals surface area contributed by atoms with E-state index in [1.165, 1.54) is 40.1 Å². The molecule has 4 aromatic rings. The van der Waals surface area contributed by atoms with Crippen molar-refractivity contribution in [3.8, 4) is 11.1 Å². The number of likely N-dealkylation sites (N-methyl/N-ethyl adjacent to an activating group) is 1. The Hall–Kier alpha value is -4.80. The van der Waals surface area contributed by atoms with Crippen LogP contribution in [-0.4, -0.2) is 59.8 Å². The molecule has 12 heteroatoms. The number of benzene rings is 3. The van der Waals surface area contributed by atoms with Crippen LogP contribution < -0.4 is 10.2 Å². The number of esters is 1. The number of nitrogens with one attached hydrogen (secondary N) is 1. The lowest BCUT2D eigenvalue weighted by molar-refractivity contribution is -0.122. The van der Waals surface area contributed by atoms with Crippen LogP contribution >= 0.6 is 23.2 Å². The first kappa shape index (κ1) is 34.5. The summed E-state index contributed by atoms with van der Waals surface area (Å²) in [4.78, 5) is 59.8. The van der Waals surface area contributed by atoms with Gasteiger partial charge in [0.25, 0.3) is 11.8 Å². The molecular formula is C36H33Cl2FN4O5. The Morgan fingerprint density at radius 2 is 1.67 bits per heavy atom. The molecule has 48 heavy (non-hydrogen) atoms. The molecule has 0 aliphatic carbocycles. The first-order chi connectivity index (χ1) is 22.7. The Labute approximate surface area is 287 Å². The third-order valence-corrected chi connectivity index (χ3v) is 8.81. The van der Waals surface area contributed by atoms with Gasteiger partial charge in [-0.25, -0.2) is 9.18 Å². The monoisotopic (exact) mass is 690 g/mol. The van der Waals surface area contributed by atoms with E-state index in [4.69, 9.17) is 27.9 Å². The van der Waals surface area contributed by atoms with Crippen LogP contribution in [0.25, 0.3) is 11.1 Å². The lowest BCUT2D eigenvalue weighted by Gasteiger charge is -2.27. The molecule has 0 radical (unpaired) electrons. The van der Waals surface area contributed by atoms with Gasteiger partial charge in [0.15, 0.2) is 0 Å². The highest BCUT2D eigenvalue weighted by Gasteiger charge is 2.36. The lowest BCUT2D eigenvalue weighted by Crippen LogP contribution is -2.45. The molecule has 0 bridgehead atoms. The Morgan fingerprint density at radius 1 is 0.938 bits per heavy atom. The van der Waals surface area contributed by atoms with E-state index in [9.17, 15) is 23.6 Å². The van der Waals surface area contributed by atoms with Gasteiger partial charge in [0.1, 0.15) is 11.9 Å². The highest BCUT2D eigenvalue weighted by molar-refractivity contribution is 6.42. The number of halogens is 3. The first-order valence-corrected chi connectivity index (χ1v) is 15.8. The number of hydrogen-bond donors (Lipinski definition) is 1. The van der Waals surface area contributed by atoms with E-state index in [1.54, 1.807) is 58.4 Å². The van der Waals surface area contributed by atoms with Gasteiger partial charge in [-0.15, -0.1) is 0 Å². The van der Waals surface area contributed by atoms with Gasteiger partial charge in [-0.3, -0.25) is 19.4 Å². The number of pyridine rings is 1. The summed E-state index contributed by atoms with van der Waals surface area (Å²) < 4.78 is 20.3. The highest BCUT2D eigenvalue weighted by atomic mass is 35.5. The molecule has 1 aromatic heterocycles. The van der Waals surface area contributed by atoms with Crippen LogP contribution in [0.15, 0.2) is 79.1 Å². The van der Waals surface area contributed by atoms with Gasteiger partial charge in [0, 0.05) is 43.5 Å². The van der Waals surface area contributed by atoms with Gasteiger partial charge >= 0.3 is 5.97 Å². The van der Waals surface area contributed by atoms with Gasteiger partial charge in [-0.1, -0.05) is 43.1 Å². The van der Waals surface area contributed by atoms with Crippen molar-refractivity contribution in [1.82, 2.24) is 15.2 Å². The molecule has 2 heterocycles. The number of hydrogen-bond acceptors (Lipinski definition) is 6. The Bertz CT molecular complexity index is 1900. The van der Waals surface area contributed by atoms with Crippen LogP contribution in [0, 0.1) is 11.2 Å². The molecule has 248 valence electrons. The number of carbonyl (C=O) groups is 4. The summed E-state index contributed by atoms with van der Waals surface area (Å²) in [6.07, 6.45) is 3.33. The van der Waals surface area contributed by atoms with Crippen LogP contribution in [0.3, 0.4) is 0 Å². The topological polar surface area (TPSA) is 109 Å². The van der Waals surface area contributed by atoms with Crippen LogP contribution in [-0.2, 0) is 16.1 Å². The minimum atomic E-state index is -0.868. The van der Waals surface area contributed by atoms with Crippen molar-refractivity contribution in [2.24, 2.45) is 5.41 Å². The first-order valence-electron chi connectivity index (χ1n) is 15.1. The van der Waals surface area contributed by atoms with Crippen molar-refractivity contribution in [2.75, 3.05) is 25.1 Å². The second kappa shape index (κ2) is 14.1. The fourth-order valence-electron chi connectivity index (χ4n) is 5.30. The molecule has 3 amide bonds. The zero-order valence-corrected chi connectivity index (χ0v) is 28.2. The lowest BCUT2D eigenvalue weighted by atomic mass is 9.94. The second-order valence-electron chi connectivity index (χ2n) is 12.4. The molecule has 0 saturated heterocycles. The maximum absolute atomic E-state index is 14.9. The fraction of sp³-hybridized carbons (Fsp3) is 0.250. The van der Waals surface area contributed by atoms with E-state index in [0.717, 1.165) is 17.2 Å². The summed E-state index contributed by atoms with van der Waals surface area (Å²) in [5, 5.41) is 3.30. The van der Waals surface area contributed by atoms with Crippen molar-refractivity contribution in [2.45, 2.75) is 33.4 Å². The van der Waals surface area contributed by atoms with Crippen molar-refractivity contribution < 1.29 is 28.3 Å². The molecule has 9 nitrogen and oxygen atoms in total. The number of aromatic nitrogens is 1. The molecular weight excluding hydrogens is 658 g/mol. The molecule has 1 atom stereocenters. The standard InChI is InChI=1S/C36H33Cl2FN4O5/c1-21-33(45)42(4)31-17-24(23-9-11-40-12-10-23)5-7-28(31)34(46)43(21)18-22-13-26(15-27(39)14-22)32(44)41-19-36(2,3)20-48-35(47)25-6-8-29(37)30(38)16-25/h5-17,21H,18-20H2,1-4H3,(H,41,44)/t21-/m1/s1. The summed E-state index contributed by atoms with van der Waals surface area (Å²) in [5.74, 6) is -2.54. The minimum absolute atomic E-state index is 0.0241. The van der Waals surface area contributed by atoms with Gasteiger partial charge in [-0.2, -0.15) is 0 Å². The van der Waals surface area contributed by atoms with Crippen LogP contribution in [0.5, 0.6) is 0 Å². The van der Waals surface area contributed by atoms with E-state index in [1.807, 2.05) is 12.1 Å². The van der Waals surface area contributed by atoms with Crippen molar-refractivity contribution in [3.63, 3.8) is 0 Å². The summed E-state index contributed by atoms with van der Waals surface area (Å²) in [6, 6.07) is 16.3. The van der Waals surface area contributed by atoms with E-state index >= 15 is 0 Å². The average Bonchev–Trinajstić information content (AvgIpc) is 3.13. The maximum atomic E-state index is 14.9. The zero-order chi connectivity index (χ0) is 34.7. The Morgan fingerprint density at radius 3 is 2.38 bits per heavy atom. The maximum Gasteiger partial charge on any atom is 0.338 e. The quantitative estimate of drug-likeness (QED) is 0.193. The number of rotatable bonds is 9. The molecule has 0 spiro atoms. The van der Waals surface area contributed by atoms with E-state index in [0.29, 0.717) is 21.8 Å². The molecule has 1 N–H and O–H groups in total. The van der Waals surface area contributed by atoms with Gasteiger partial charge in [0.2, 0.25) is 5.91 Å². The third kappa shape index (κ3) is 7.67. The normalized spacial score (nSPS) is 14.8. The van der Waals surface area contributed by atoms with Gasteiger partial charge in [0.05, 0.1) is 33.5 Å². The minimum Gasteiger partial charge on any atom is -0.461 e. The Balaban J connectivity index is 1.28. The third-order valence-electron chi connectivity index (χ3n) is 8.07. The van der Waals surface area contributed by atoms with Crippen molar-refractivity contribution in [3.05, 3.63) is 117 Å². The molecule has 5 rings (SSSR count). The van der Waals surface area contributed by atoms with E-state index < -0.39 is 35.1 Å². The SMILES string of the molecule is C[C@@H]1C(=O)N(C)c2cc(-c3ccncc3)ccc2C(=O)N1Cc1cc(F)cc(C(=O)NCC(C)(C)COC(=O)c2ccc(Cl)c(Cl)c2)c1. The van der Waals surface area contributed by atoms with Gasteiger partial charge in [-0.05, 0) is 84.3 Å². The molecule has 1 aliphatic heterocycles. The summed E-state index contributed by atoms with van der Waals surface area (Å²) >= 11 is 11.9.